The molecule has 0 heterocycles. The Morgan fingerprint density at radius 1 is 0.808 bits per heavy atom. The maximum Gasteiger partial charge on any atom is 0.430 e. The van der Waals surface area contributed by atoms with Gasteiger partial charge in [-0.25, -0.2) is 4.57 Å². The molecule has 0 bridgehead atoms. The van der Waals surface area contributed by atoms with Crippen molar-refractivity contribution in [3.63, 3.8) is 0 Å². The van der Waals surface area contributed by atoms with E-state index in [1.165, 1.54) is 0 Å². The lowest BCUT2D eigenvalue weighted by Gasteiger charge is -2.28. The summed E-state index contributed by atoms with van der Waals surface area (Å²) in [5, 5.41) is 0. The Morgan fingerprint density at radius 3 is 1.62 bits per heavy atom. The monoisotopic (exact) mass is 394 g/mol. The van der Waals surface area contributed by atoms with Gasteiger partial charge in [-0.15, -0.1) is 0 Å². The Labute approximate surface area is 157 Å². The van der Waals surface area contributed by atoms with Crippen molar-refractivity contribution in [3.05, 3.63) is 60.7 Å². The van der Waals surface area contributed by atoms with E-state index in [0.717, 1.165) is 0 Å². The van der Waals surface area contributed by atoms with Crippen LogP contribution in [0.15, 0.2) is 60.7 Å². The Kier molecular flexibility index (Phi) is 7.91. The van der Waals surface area contributed by atoms with Crippen LogP contribution in [0.25, 0.3) is 0 Å². The van der Waals surface area contributed by atoms with Crippen LogP contribution in [-0.4, -0.2) is 27.9 Å². The highest BCUT2D eigenvalue weighted by Crippen LogP contribution is 2.50. The first kappa shape index (κ1) is 20.7. The normalized spacial score (nSPS) is 12.0. The van der Waals surface area contributed by atoms with Gasteiger partial charge in [0.2, 0.25) is 0 Å². The molecule has 0 aliphatic heterocycles. The molecule has 0 unspecified atom stereocenters. The molecule has 2 aromatic rings. The van der Waals surface area contributed by atoms with Crippen molar-refractivity contribution in [1.29, 1.82) is 0 Å². The molecule has 26 heavy (non-hydrogen) atoms. The summed E-state index contributed by atoms with van der Waals surface area (Å²) < 4.78 is 36.8. The molecule has 5 nitrogen and oxygen atoms in total. The van der Waals surface area contributed by atoms with Gasteiger partial charge in [0.15, 0.2) is 0 Å². The summed E-state index contributed by atoms with van der Waals surface area (Å²) >= 11 is 0. The van der Waals surface area contributed by atoms with E-state index in [0.29, 0.717) is 30.8 Å². The summed E-state index contributed by atoms with van der Waals surface area (Å²) in [7, 11) is -5.86. The first-order valence-electron chi connectivity index (χ1n) is 8.85. The third kappa shape index (κ3) is 6.61. The fraction of sp³-hybridized carbons (Fsp3) is 0.368. The van der Waals surface area contributed by atoms with E-state index in [9.17, 15) is 4.57 Å². The average molecular weight is 394 g/mol. The van der Waals surface area contributed by atoms with Gasteiger partial charge in [0.1, 0.15) is 11.5 Å². The van der Waals surface area contributed by atoms with Crippen molar-refractivity contribution in [1.82, 2.24) is 0 Å². The smallest absolute Gasteiger partial charge is 0.416 e. The molecule has 0 radical (unpaired) electrons. The van der Waals surface area contributed by atoms with Crippen molar-refractivity contribution in [2.45, 2.75) is 26.4 Å². The fourth-order valence-corrected chi connectivity index (χ4v) is 7.95. The number of rotatable bonds is 11. The molecule has 0 N–H and O–H groups in total. The topological polar surface area (TPSA) is 54.0 Å². The van der Waals surface area contributed by atoms with E-state index < -0.39 is 16.2 Å². The molecule has 0 saturated heterocycles. The molecule has 2 rings (SSSR count). The summed E-state index contributed by atoms with van der Waals surface area (Å²) in [5.41, 5.74) is 0. The van der Waals surface area contributed by atoms with Crippen LogP contribution in [0.1, 0.15) is 13.8 Å². The first-order chi connectivity index (χ1) is 12.5. The van der Waals surface area contributed by atoms with Crippen molar-refractivity contribution in [2.75, 3.05) is 19.4 Å². The molecule has 142 valence electrons. The van der Waals surface area contributed by atoms with Crippen LogP contribution < -0.4 is 9.05 Å². The largest absolute Gasteiger partial charge is 0.430 e. The van der Waals surface area contributed by atoms with E-state index in [-0.39, 0.29) is 6.16 Å². The van der Waals surface area contributed by atoms with E-state index >= 15 is 0 Å². The average Bonchev–Trinajstić information content (AvgIpc) is 2.62. The van der Waals surface area contributed by atoms with Crippen molar-refractivity contribution in [3.8, 4) is 11.5 Å². The molecule has 0 saturated carbocycles. The summed E-state index contributed by atoms with van der Waals surface area (Å²) in [6.45, 7) is 6.98. The lowest BCUT2D eigenvalue weighted by atomic mass is 10.3. The van der Waals surface area contributed by atoms with E-state index in [1.807, 2.05) is 56.8 Å². The van der Waals surface area contributed by atoms with Crippen molar-refractivity contribution >= 4 is 16.2 Å². The number of para-hydroxylation sites is 2. The van der Waals surface area contributed by atoms with Gasteiger partial charge in [0, 0.05) is 19.3 Å². The second-order valence-electron chi connectivity index (χ2n) is 5.89. The summed E-state index contributed by atoms with van der Waals surface area (Å²) in [5.74, 6) is 1.03. The van der Waals surface area contributed by atoms with E-state index in [4.69, 9.17) is 17.9 Å². The highest BCUT2D eigenvalue weighted by molar-refractivity contribution is 7.54. The predicted molar refractivity (Wildman–Crippen MR) is 106 cm³/mol. The minimum Gasteiger partial charge on any atom is -0.416 e. The zero-order chi connectivity index (χ0) is 18.9. The quantitative estimate of drug-likeness (QED) is 0.373. The van der Waals surface area contributed by atoms with Crippen LogP contribution in [0.2, 0.25) is 12.6 Å². The van der Waals surface area contributed by atoms with E-state index in [1.54, 1.807) is 24.3 Å². The molecule has 0 aliphatic rings. The second kappa shape index (κ2) is 9.93. The van der Waals surface area contributed by atoms with Gasteiger partial charge < -0.3 is 17.9 Å². The van der Waals surface area contributed by atoms with Gasteiger partial charge in [-0.2, -0.15) is 0 Å². The Morgan fingerprint density at radius 2 is 1.23 bits per heavy atom. The number of hydrogen-bond donors (Lipinski definition) is 0. The Balaban J connectivity index is 2.18. The van der Waals surface area contributed by atoms with Gasteiger partial charge in [-0.3, -0.25) is 0 Å². The molecule has 0 spiro atoms. The number of benzene rings is 2. The lowest BCUT2D eigenvalue weighted by Crippen LogP contribution is -2.39. The standard InChI is InChI=1S/C19H27O5PSi/c1-4-21-26(3,22-5-2)17-16-25(20,23-18-12-8-6-9-13-18)24-19-14-10-7-11-15-19/h6-15H,4-5,16-17H2,1-3H3. The van der Waals surface area contributed by atoms with Crippen LogP contribution in [0.3, 0.4) is 0 Å². The van der Waals surface area contributed by atoms with Gasteiger partial charge in [-0.05, 0) is 44.7 Å². The highest BCUT2D eigenvalue weighted by atomic mass is 31.2. The van der Waals surface area contributed by atoms with Gasteiger partial charge >= 0.3 is 16.2 Å². The van der Waals surface area contributed by atoms with Crippen LogP contribution >= 0.6 is 7.60 Å². The second-order valence-corrected chi connectivity index (χ2v) is 11.3. The van der Waals surface area contributed by atoms with Crippen LogP contribution in [0.4, 0.5) is 0 Å². The van der Waals surface area contributed by atoms with Gasteiger partial charge in [-0.1, -0.05) is 36.4 Å². The summed E-state index contributed by atoms with van der Waals surface area (Å²) in [4.78, 5) is 0. The van der Waals surface area contributed by atoms with E-state index in [2.05, 4.69) is 0 Å². The zero-order valence-corrected chi connectivity index (χ0v) is 17.5. The van der Waals surface area contributed by atoms with Gasteiger partial charge in [0.05, 0.1) is 6.16 Å². The van der Waals surface area contributed by atoms with Crippen LogP contribution in [-0.2, 0) is 13.4 Å². The SMILES string of the molecule is CCO[Si](C)(CCP(=O)(Oc1ccccc1)Oc1ccccc1)OCC. The molecule has 0 atom stereocenters. The van der Waals surface area contributed by atoms with Crippen molar-refractivity contribution in [2.24, 2.45) is 0 Å². The fourth-order valence-electron chi connectivity index (χ4n) is 2.53. The molecular formula is C19H27O5PSi. The predicted octanol–water partition coefficient (Wildman–Crippen LogP) is 5.48. The molecule has 7 heteroatoms. The molecule has 0 aromatic heterocycles. The maximum absolute atomic E-state index is 13.5. The number of hydrogen-bond acceptors (Lipinski definition) is 5. The third-order valence-corrected chi connectivity index (χ3v) is 8.84. The lowest BCUT2D eigenvalue weighted by molar-refractivity contribution is 0.190. The summed E-state index contributed by atoms with van der Waals surface area (Å²) in [6.07, 6.45) is 0.222. The zero-order valence-electron chi connectivity index (χ0n) is 15.6. The minimum absolute atomic E-state index is 0.222. The molecule has 0 aliphatic carbocycles. The first-order valence-corrected chi connectivity index (χ1v) is 13.1. The van der Waals surface area contributed by atoms with Gasteiger partial charge in [0.25, 0.3) is 0 Å². The third-order valence-electron chi connectivity index (χ3n) is 3.71. The highest BCUT2D eigenvalue weighted by Gasteiger charge is 2.37. The maximum atomic E-state index is 13.5. The summed E-state index contributed by atoms with van der Waals surface area (Å²) in [6, 6.07) is 18.7. The molecular weight excluding hydrogens is 367 g/mol. The molecule has 0 fully saturated rings. The van der Waals surface area contributed by atoms with Crippen LogP contribution in [0.5, 0.6) is 11.5 Å². The Bertz CT molecular complexity index is 644. The minimum atomic E-state index is -3.43. The van der Waals surface area contributed by atoms with Crippen LogP contribution in [0, 0.1) is 0 Å². The molecule has 2 aromatic carbocycles. The van der Waals surface area contributed by atoms with Crippen molar-refractivity contribution < 1.29 is 22.5 Å². The Hall–Kier alpha value is -1.59. The molecule has 0 amide bonds.